The normalized spacial score (nSPS) is 33.9. The molecule has 3 unspecified atom stereocenters. The quantitative estimate of drug-likeness (QED) is 0.857. The minimum absolute atomic E-state index is 0.0508. The first kappa shape index (κ1) is 12.7. The summed E-state index contributed by atoms with van der Waals surface area (Å²) in [5, 5.41) is 13.9. The van der Waals surface area contributed by atoms with E-state index in [4.69, 9.17) is 0 Å². The van der Waals surface area contributed by atoms with Gasteiger partial charge in [0.2, 0.25) is 0 Å². The molecule has 3 rings (SSSR count). The fraction of sp³-hybridized carbons (Fsp3) is 0.562. The monoisotopic (exact) mass is 259 g/mol. The van der Waals surface area contributed by atoms with Crippen molar-refractivity contribution >= 4 is 11.6 Å². The molecule has 1 amide bonds. The zero-order valence-electron chi connectivity index (χ0n) is 11.4. The number of aliphatic hydroxyl groups is 1. The van der Waals surface area contributed by atoms with Gasteiger partial charge in [-0.2, -0.15) is 0 Å². The Bertz CT molecular complexity index is 499. The summed E-state index contributed by atoms with van der Waals surface area (Å²) in [7, 11) is 0. The van der Waals surface area contributed by atoms with Gasteiger partial charge in [-0.3, -0.25) is 4.79 Å². The molecule has 0 saturated heterocycles. The number of carbonyl (C=O) groups is 1. The van der Waals surface area contributed by atoms with Crippen LogP contribution in [0.25, 0.3) is 0 Å². The molecule has 1 fully saturated rings. The number of para-hydroxylation sites is 1. The number of carbonyl (C=O) groups excluding carboxylic acids is 1. The highest BCUT2D eigenvalue weighted by molar-refractivity contribution is 6.05. The third kappa shape index (κ3) is 1.88. The van der Waals surface area contributed by atoms with Crippen LogP contribution in [-0.2, 0) is 10.4 Å². The van der Waals surface area contributed by atoms with Gasteiger partial charge in [-0.05, 0) is 24.8 Å². The van der Waals surface area contributed by atoms with Gasteiger partial charge < -0.3 is 10.4 Å². The predicted molar refractivity (Wildman–Crippen MR) is 74.7 cm³/mol. The van der Waals surface area contributed by atoms with Crippen LogP contribution in [0.2, 0.25) is 0 Å². The molecule has 3 atom stereocenters. The molecular formula is C16H21NO2. The Morgan fingerprint density at radius 3 is 2.95 bits per heavy atom. The van der Waals surface area contributed by atoms with Crippen molar-refractivity contribution < 1.29 is 9.90 Å². The Morgan fingerprint density at radius 1 is 1.37 bits per heavy atom. The van der Waals surface area contributed by atoms with E-state index in [-0.39, 0.29) is 11.8 Å². The van der Waals surface area contributed by atoms with Gasteiger partial charge in [-0.1, -0.05) is 44.4 Å². The third-order valence-electron chi connectivity index (χ3n) is 4.88. The van der Waals surface area contributed by atoms with Crippen molar-refractivity contribution in [3.05, 3.63) is 29.8 Å². The lowest BCUT2D eigenvalue weighted by Gasteiger charge is -2.37. The average Bonchev–Trinajstić information content (AvgIpc) is 2.72. The first-order chi connectivity index (χ1) is 9.16. The Morgan fingerprint density at radius 2 is 2.16 bits per heavy atom. The van der Waals surface area contributed by atoms with E-state index in [0.29, 0.717) is 5.92 Å². The number of nitrogens with one attached hydrogen (secondary N) is 1. The second-order valence-corrected chi connectivity index (χ2v) is 5.90. The summed E-state index contributed by atoms with van der Waals surface area (Å²) in [4.78, 5) is 12.3. The van der Waals surface area contributed by atoms with E-state index < -0.39 is 5.60 Å². The zero-order chi connectivity index (χ0) is 13.5. The van der Waals surface area contributed by atoms with Crippen molar-refractivity contribution in [1.82, 2.24) is 0 Å². The number of hydrogen-bond acceptors (Lipinski definition) is 2. The molecule has 0 bridgehead atoms. The van der Waals surface area contributed by atoms with Gasteiger partial charge in [0.1, 0.15) is 0 Å². The van der Waals surface area contributed by atoms with Gasteiger partial charge in [0.25, 0.3) is 5.91 Å². The highest BCUT2D eigenvalue weighted by Crippen LogP contribution is 2.47. The zero-order valence-corrected chi connectivity index (χ0v) is 11.4. The molecule has 19 heavy (non-hydrogen) atoms. The van der Waals surface area contributed by atoms with Crippen LogP contribution in [-0.4, -0.2) is 11.0 Å². The molecule has 0 aromatic heterocycles. The third-order valence-corrected chi connectivity index (χ3v) is 4.88. The molecule has 2 aliphatic rings. The van der Waals surface area contributed by atoms with E-state index in [0.717, 1.165) is 36.9 Å². The van der Waals surface area contributed by atoms with Crippen molar-refractivity contribution in [2.45, 2.75) is 44.6 Å². The Labute approximate surface area is 114 Å². The van der Waals surface area contributed by atoms with Crippen LogP contribution in [0.1, 0.15) is 44.6 Å². The van der Waals surface area contributed by atoms with Gasteiger partial charge in [0.05, 0.1) is 0 Å². The van der Waals surface area contributed by atoms with E-state index in [9.17, 15) is 9.90 Å². The number of benzene rings is 1. The number of fused-ring (bicyclic) bond motifs is 1. The van der Waals surface area contributed by atoms with Crippen molar-refractivity contribution in [2.24, 2.45) is 11.8 Å². The van der Waals surface area contributed by atoms with Crippen molar-refractivity contribution in [3.8, 4) is 0 Å². The van der Waals surface area contributed by atoms with Crippen LogP contribution in [0, 0.1) is 11.8 Å². The van der Waals surface area contributed by atoms with Crippen molar-refractivity contribution in [1.29, 1.82) is 0 Å². The average molecular weight is 259 g/mol. The SMILES string of the molecule is CCC1CCCC(C2(O)C(=O)Nc3ccccc32)C1. The largest absolute Gasteiger partial charge is 0.375 e. The Balaban J connectivity index is 1.96. The summed E-state index contributed by atoms with van der Waals surface area (Å²) in [5.74, 6) is 0.452. The Hall–Kier alpha value is -1.35. The summed E-state index contributed by atoms with van der Waals surface area (Å²) in [6, 6.07) is 7.53. The molecule has 1 aromatic carbocycles. The van der Waals surface area contributed by atoms with Gasteiger partial charge in [0, 0.05) is 17.2 Å². The molecule has 1 aliphatic heterocycles. The van der Waals surface area contributed by atoms with Gasteiger partial charge in [0.15, 0.2) is 5.60 Å². The molecule has 0 radical (unpaired) electrons. The van der Waals surface area contributed by atoms with Crippen LogP contribution in [0.5, 0.6) is 0 Å². The van der Waals surface area contributed by atoms with Gasteiger partial charge >= 0.3 is 0 Å². The van der Waals surface area contributed by atoms with Crippen LogP contribution < -0.4 is 5.32 Å². The molecule has 1 aliphatic carbocycles. The van der Waals surface area contributed by atoms with E-state index in [2.05, 4.69) is 12.2 Å². The lowest BCUT2D eigenvalue weighted by Crippen LogP contribution is -2.43. The summed E-state index contributed by atoms with van der Waals surface area (Å²) in [6.07, 6.45) is 5.37. The molecular weight excluding hydrogens is 238 g/mol. The van der Waals surface area contributed by atoms with Crippen molar-refractivity contribution in [3.63, 3.8) is 0 Å². The molecule has 0 spiro atoms. The predicted octanol–water partition coefficient (Wildman–Crippen LogP) is 3.04. The molecule has 1 saturated carbocycles. The molecule has 1 heterocycles. The highest BCUT2D eigenvalue weighted by Gasteiger charge is 2.51. The summed E-state index contributed by atoms with van der Waals surface area (Å²) < 4.78 is 0. The van der Waals surface area contributed by atoms with Crippen LogP contribution in [0.4, 0.5) is 5.69 Å². The minimum Gasteiger partial charge on any atom is -0.375 e. The van der Waals surface area contributed by atoms with E-state index >= 15 is 0 Å². The number of anilines is 1. The summed E-state index contributed by atoms with van der Waals surface area (Å²) in [5.41, 5.74) is 0.222. The van der Waals surface area contributed by atoms with E-state index in [1.165, 1.54) is 6.42 Å². The topological polar surface area (TPSA) is 49.3 Å². The molecule has 102 valence electrons. The first-order valence-corrected chi connectivity index (χ1v) is 7.29. The van der Waals surface area contributed by atoms with Crippen LogP contribution >= 0.6 is 0 Å². The number of rotatable bonds is 2. The van der Waals surface area contributed by atoms with E-state index in [1.807, 2.05) is 24.3 Å². The second kappa shape index (κ2) is 4.64. The second-order valence-electron chi connectivity index (χ2n) is 5.90. The lowest BCUT2D eigenvalue weighted by atomic mass is 9.70. The number of amides is 1. The van der Waals surface area contributed by atoms with Crippen LogP contribution in [0.15, 0.2) is 24.3 Å². The Kier molecular flexibility index (Phi) is 3.09. The number of hydrogen-bond donors (Lipinski definition) is 2. The lowest BCUT2D eigenvalue weighted by molar-refractivity contribution is -0.142. The van der Waals surface area contributed by atoms with Crippen molar-refractivity contribution in [2.75, 3.05) is 5.32 Å². The summed E-state index contributed by atoms with van der Waals surface area (Å²) >= 11 is 0. The molecule has 3 nitrogen and oxygen atoms in total. The fourth-order valence-corrected chi connectivity index (χ4v) is 3.71. The van der Waals surface area contributed by atoms with Gasteiger partial charge in [-0.25, -0.2) is 0 Å². The first-order valence-electron chi connectivity index (χ1n) is 7.29. The molecule has 2 N–H and O–H groups in total. The molecule has 1 aromatic rings. The van der Waals surface area contributed by atoms with Crippen LogP contribution in [0.3, 0.4) is 0 Å². The smallest absolute Gasteiger partial charge is 0.261 e. The van der Waals surface area contributed by atoms with E-state index in [1.54, 1.807) is 0 Å². The maximum Gasteiger partial charge on any atom is 0.261 e. The van der Waals surface area contributed by atoms with Gasteiger partial charge in [-0.15, -0.1) is 0 Å². The standard InChI is InChI=1S/C16H21NO2/c1-2-11-6-5-7-12(10-11)16(19)13-8-3-4-9-14(13)17-15(16)18/h3-4,8-9,11-12,19H,2,5-7,10H2,1H3,(H,17,18). The summed E-state index contributed by atoms with van der Waals surface area (Å²) in [6.45, 7) is 2.19. The highest BCUT2D eigenvalue weighted by atomic mass is 16.3. The minimum atomic E-state index is -1.32. The maximum absolute atomic E-state index is 12.3. The molecule has 3 heteroatoms. The maximum atomic E-state index is 12.3. The fourth-order valence-electron chi connectivity index (χ4n) is 3.71.